The highest BCUT2D eigenvalue weighted by Crippen LogP contribution is 2.16. The van der Waals surface area contributed by atoms with E-state index in [2.05, 4.69) is 14.7 Å². The van der Waals surface area contributed by atoms with Crippen molar-refractivity contribution in [2.24, 2.45) is 5.92 Å². The van der Waals surface area contributed by atoms with E-state index < -0.39 is 12.0 Å². The van der Waals surface area contributed by atoms with E-state index in [1.54, 1.807) is 7.11 Å². The molecule has 0 saturated carbocycles. The quantitative estimate of drug-likeness (QED) is 0.749. The molecule has 1 heterocycles. The normalized spacial score (nSPS) is 12.7. The van der Waals surface area contributed by atoms with Crippen molar-refractivity contribution in [2.75, 3.05) is 19.0 Å². The number of rotatable bonds is 8. The van der Waals surface area contributed by atoms with Gasteiger partial charge >= 0.3 is 5.97 Å². The Hall–Kier alpha value is -1.21. The molecule has 18 heavy (non-hydrogen) atoms. The van der Waals surface area contributed by atoms with Crippen LogP contribution in [0.3, 0.4) is 0 Å². The molecule has 0 saturated heterocycles. The summed E-state index contributed by atoms with van der Waals surface area (Å²) < 4.78 is 9.08. The predicted octanol–water partition coefficient (Wildman–Crippen LogP) is 1.64. The lowest BCUT2D eigenvalue weighted by Crippen LogP contribution is -2.30. The summed E-state index contributed by atoms with van der Waals surface area (Å²) in [5.74, 6) is 0.120. The van der Waals surface area contributed by atoms with Crippen LogP contribution in [0.15, 0.2) is 0 Å². The minimum atomic E-state index is -0.864. The summed E-state index contributed by atoms with van der Waals surface area (Å²) in [7, 11) is 1.62. The van der Waals surface area contributed by atoms with Crippen molar-refractivity contribution in [1.82, 2.24) is 9.36 Å². The van der Waals surface area contributed by atoms with Crippen LogP contribution >= 0.6 is 11.5 Å². The van der Waals surface area contributed by atoms with E-state index in [-0.39, 0.29) is 0 Å². The van der Waals surface area contributed by atoms with Gasteiger partial charge in [0.1, 0.15) is 11.9 Å². The minimum Gasteiger partial charge on any atom is -0.480 e. The second-order valence-electron chi connectivity index (χ2n) is 4.42. The van der Waals surface area contributed by atoms with Crippen molar-refractivity contribution in [3.05, 3.63) is 5.82 Å². The number of aliphatic carboxylic acids is 1. The first-order valence-electron chi connectivity index (χ1n) is 5.83. The van der Waals surface area contributed by atoms with Crippen LogP contribution in [0.1, 0.15) is 26.1 Å². The third-order valence-corrected chi connectivity index (χ3v) is 2.98. The van der Waals surface area contributed by atoms with E-state index in [0.29, 0.717) is 36.3 Å². The van der Waals surface area contributed by atoms with E-state index in [0.717, 1.165) is 0 Å². The number of anilines is 1. The molecule has 0 fully saturated rings. The number of hydrogen-bond acceptors (Lipinski definition) is 6. The number of aromatic nitrogens is 2. The van der Waals surface area contributed by atoms with Crippen LogP contribution in [-0.4, -0.2) is 40.2 Å². The molecule has 102 valence electrons. The van der Waals surface area contributed by atoms with Gasteiger partial charge in [-0.15, -0.1) is 0 Å². The van der Waals surface area contributed by atoms with Gasteiger partial charge in [-0.1, -0.05) is 13.8 Å². The number of methoxy groups -OCH3 is 1. The summed E-state index contributed by atoms with van der Waals surface area (Å²) in [5, 5.41) is 12.6. The SMILES string of the molecule is COCCc1nsc(N[C@@H](CC(C)C)C(=O)O)n1. The van der Waals surface area contributed by atoms with E-state index in [1.807, 2.05) is 13.8 Å². The van der Waals surface area contributed by atoms with Gasteiger partial charge in [0.2, 0.25) is 5.13 Å². The maximum absolute atomic E-state index is 11.1. The molecule has 0 aliphatic carbocycles. The minimum absolute atomic E-state index is 0.305. The van der Waals surface area contributed by atoms with Crippen molar-refractivity contribution in [2.45, 2.75) is 32.7 Å². The van der Waals surface area contributed by atoms with Crippen LogP contribution in [0, 0.1) is 5.92 Å². The number of nitrogens with one attached hydrogen (secondary N) is 1. The second kappa shape index (κ2) is 7.27. The lowest BCUT2D eigenvalue weighted by molar-refractivity contribution is -0.138. The Morgan fingerprint density at radius 1 is 1.56 bits per heavy atom. The fourth-order valence-electron chi connectivity index (χ4n) is 1.45. The Morgan fingerprint density at radius 2 is 2.28 bits per heavy atom. The van der Waals surface area contributed by atoms with Gasteiger partial charge < -0.3 is 15.2 Å². The highest BCUT2D eigenvalue weighted by atomic mass is 32.1. The number of carbonyl (C=O) groups is 1. The maximum Gasteiger partial charge on any atom is 0.326 e. The molecule has 7 heteroatoms. The molecule has 0 unspecified atom stereocenters. The smallest absolute Gasteiger partial charge is 0.326 e. The Labute approximate surface area is 111 Å². The topological polar surface area (TPSA) is 84.3 Å². The number of carboxylic acid groups (broad SMARTS) is 1. The highest BCUT2D eigenvalue weighted by Gasteiger charge is 2.20. The van der Waals surface area contributed by atoms with Crippen LogP contribution in [-0.2, 0) is 16.0 Å². The molecule has 0 amide bonds. The van der Waals surface area contributed by atoms with Gasteiger partial charge in [-0.2, -0.15) is 4.37 Å². The van der Waals surface area contributed by atoms with E-state index >= 15 is 0 Å². The summed E-state index contributed by atoms with van der Waals surface area (Å²) in [5.41, 5.74) is 0. The van der Waals surface area contributed by atoms with Gasteiger partial charge in [0, 0.05) is 25.1 Å². The van der Waals surface area contributed by atoms with Crippen LogP contribution in [0.4, 0.5) is 5.13 Å². The number of ether oxygens (including phenoxy) is 1. The molecule has 1 aromatic rings. The second-order valence-corrected chi connectivity index (χ2v) is 5.18. The summed E-state index contributed by atoms with van der Waals surface area (Å²) in [6.07, 6.45) is 1.19. The number of carboxylic acids is 1. The van der Waals surface area contributed by atoms with Gasteiger partial charge in [-0.05, 0) is 12.3 Å². The first-order chi connectivity index (χ1) is 8.52. The van der Waals surface area contributed by atoms with Crippen LogP contribution in [0.5, 0.6) is 0 Å². The van der Waals surface area contributed by atoms with Crippen molar-refractivity contribution in [3.8, 4) is 0 Å². The summed E-state index contributed by atoms with van der Waals surface area (Å²) >= 11 is 1.18. The molecule has 0 bridgehead atoms. The van der Waals surface area contributed by atoms with Gasteiger partial charge in [0.25, 0.3) is 0 Å². The molecule has 0 aliphatic rings. The Balaban J connectivity index is 2.58. The molecule has 6 nitrogen and oxygen atoms in total. The lowest BCUT2D eigenvalue weighted by atomic mass is 10.0. The van der Waals surface area contributed by atoms with Gasteiger partial charge in [0.15, 0.2) is 0 Å². The van der Waals surface area contributed by atoms with Crippen LogP contribution in [0.2, 0.25) is 0 Å². The molecule has 0 radical (unpaired) electrons. The van der Waals surface area contributed by atoms with Gasteiger partial charge in [0.05, 0.1) is 6.61 Å². The lowest BCUT2D eigenvalue weighted by Gasteiger charge is -2.15. The van der Waals surface area contributed by atoms with Crippen molar-refractivity contribution < 1.29 is 14.6 Å². The third kappa shape index (κ3) is 4.97. The Morgan fingerprint density at radius 3 is 2.83 bits per heavy atom. The largest absolute Gasteiger partial charge is 0.480 e. The highest BCUT2D eigenvalue weighted by molar-refractivity contribution is 7.09. The van der Waals surface area contributed by atoms with E-state index in [1.165, 1.54) is 11.5 Å². The summed E-state index contributed by atoms with van der Waals surface area (Å²) in [4.78, 5) is 15.3. The van der Waals surface area contributed by atoms with Gasteiger partial charge in [-0.25, -0.2) is 9.78 Å². The fraction of sp³-hybridized carbons (Fsp3) is 0.727. The number of nitrogens with zero attached hydrogens (tertiary/aromatic N) is 2. The van der Waals surface area contributed by atoms with Crippen LogP contribution < -0.4 is 5.32 Å². The van der Waals surface area contributed by atoms with E-state index in [4.69, 9.17) is 9.84 Å². The average Bonchev–Trinajstić information content (AvgIpc) is 2.72. The predicted molar refractivity (Wildman–Crippen MR) is 70.0 cm³/mol. The summed E-state index contributed by atoms with van der Waals surface area (Å²) in [6, 6.07) is -0.617. The zero-order chi connectivity index (χ0) is 13.5. The Kier molecular flexibility index (Phi) is 6.00. The standard InChI is InChI=1S/C11H19N3O3S/c1-7(2)6-8(10(15)16)12-11-13-9(14-18-11)4-5-17-3/h7-8H,4-6H2,1-3H3,(H,15,16)(H,12,13,14)/t8-/m0/s1. The number of hydrogen-bond donors (Lipinski definition) is 2. The maximum atomic E-state index is 11.1. The molecule has 0 aliphatic heterocycles. The molecule has 0 spiro atoms. The molecule has 1 aromatic heterocycles. The molecular weight excluding hydrogens is 254 g/mol. The molecule has 1 rings (SSSR count). The van der Waals surface area contributed by atoms with Crippen molar-refractivity contribution >= 4 is 22.6 Å². The molecule has 0 aromatic carbocycles. The van der Waals surface area contributed by atoms with Crippen molar-refractivity contribution in [3.63, 3.8) is 0 Å². The van der Waals surface area contributed by atoms with Crippen LogP contribution in [0.25, 0.3) is 0 Å². The fourth-order valence-corrected chi connectivity index (χ4v) is 2.11. The summed E-state index contributed by atoms with van der Waals surface area (Å²) in [6.45, 7) is 4.54. The average molecular weight is 273 g/mol. The van der Waals surface area contributed by atoms with Gasteiger partial charge in [-0.3, -0.25) is 0 Å². The molecule has 1 atom stereocenters. The Bertz CT molecular complexity index is 381. The molecular formula is C11H19N3O3S. The first kappa shape index (κ1) is 14.8. The molecule has 2 N–H and O–H groups in total. The zero-order valence-corrected chi connectivity index (χ0v) is 11.7. The third-order valence-electron chi connectivity index (χ3n) is 2.30. The van der Waals surface area contributed by atoms with E-state index in [9.17, 15) is 4.79 Å². The monoisotopic (exact) mass is 273 g/mol. The zero-order valence-electron chi connectivity index (χ0n) is 10.8. The first-order valence-corrected chi connectivity index (χ1v) is 6.61. The van der Waals surface area contributed by atoms with Crippen molar-refractivity contribution in [1.29, 1.82) is 0 Å².